The van der Waals surface area contributed by atoms with Gasteiger partial charge in [-0.1, -0.05) is 78.4 Å². The summed E-state index contributed by atoms with van der Waals surface area (Å²) in [5, 5.41) is 3.48. The van der Waals surface area contributed by atoms with Crippen LogP contribution in [0.15, 0.2) is 96.2 Å². The van der Waals surface area contributed by atoms with Crippen LogP contribution in [0.4, 0.5) is 17.3 Å². The molecule has 0 saturated heterocycles. The smallest absolute Gasteiger partial charge is 0.183 e. The Balaban J connectivity index is 1.68. The van der Waals surface area contributed by atoms with Crippen LogP contribution in [0.2, 0.25) is 0 Å². The van der Waals surface area contributed by atoms with E-state index in [-0.39, 0.29) is 0 Å². The number of benzene rings is 3. The highest BCUT2D eigenvalue weighted by atomic mass is 15.1. The number of hydrogen-bond acceptors (Lipinski definition) is 4. The third kappa shape index (κ3) is 4.26. The molecule has 0 bridgehead atoms. The summed E-state index contributed by atoms with van der Waals surface area (Å²) in [6, 6.07) is 28.7. The van der Waals surface area contributed by atoms with Crippen LogP contribution >= 0.6 is 0 Å². The predicted octanol–water partition coefficient (Wildman–Crippen LogP) is 6.50. The van der Waals surface area contributed by atoms with Crippen LogP contribution in [0, 0.1) is 13.8 Å². The Bertz CT molecular complexity index is 1410. The minimum Gasteiger partial charge on any atom is -0.340 e. The summed E-state index contributed by atoms with van der Waals surface area (Å²) in [4.78, 5) is 14.6. The summed E-state index contributed by atoms with van der Waals surface area (Å²) in [7, 11) is 1.99. The first-order chi connectivity index (χ1) is 16.1. The van der Waals surface area contributed by atoms with Gasteiger partial charge in [-0.25, -0.2) is 15.0 Å². The minimum atomic E-state index is 0.586. The second-order valence-electron chi connectivity index (χ2n) is 8.19. The van der Waals surface area contributed by atoms with Gasteiger partial charge in [-0.05, 0) is 25.5 Å². The van der Waals surface area contributed by atoms with Crippen molar-refractivity contribution in [3.05, 3.63) is 114 Å². The number of anilines is 2. The lowest BCUT2D eigenvalue weighted by atomic mass is 10.0. The molecule has 5 rings (SSSR count). The SMILES string of the molecule is Cc1ccc(Nc2cc3c(ncn3C)c(N=C(c3ccccc3)c3ccccc3)n2)c(C)c1. The average Bonchev–Trinajstić information content (AvgIpc) is 3.21. The highest BCUT2D eigenvalue weighted by molar-refractivity contribution is 6.14. The molecule has 5 nitrogen and oxygen atoms in total. The van der Waals surface area contributed by atoms with Gasteiger partial charge in [0.25, 0.3) is 0 Å². The number of rotatable bonds is 5. The Morgan fingerprint density at radius 2 is 1.52 bits per heavy atom. The molecular weight excluding hydrogens is 406 g/mol. The zero-order valence-electron chi connectivity index (χ0n) is 18.9. The predicted molar refractivity (Wildman–Crippen MR) is 136 cm³/mol. The number of nitrogens with one attached hydrogen (secondary N) is 1. The van der Waals surface area contributed by atoms with E-state index in [1.54, 1.807) is 6.33 Å². The maximum absolute atomic E-state index is 5.07. The minimum absolute atomic E-state index is 0.586. The molecule has 0 aliphatic carbocycles. The molecule has 0 atom stereocenters. The van der Waals surface area contributed by atoms with Crippen LogP contribution in [0.5, 0.6) is 0 Å². The monoisotopic (exact) mass is 431 g/mol. The first-order valence-electron chi connectivity index (χ1n) is 10.9. The van der Waals surface area contributed by atoms with Gasteiger partial charge >= 0.3 is 0 Å². The van der Waals surface area contributed by atoms with Crippen molar-refractivity contribution in [2.75, 3.05) is 5.32 Å². The lowest BCUT2D eigenvalue weighted by molar-refractivity contribution is 0.947. The van der Waals surface area contributed by atoms with Crippen molar-refractivity contribution in [1.82, 2.24) is 14.5 Å². The molecule has 0 fully saturated rings. The molecule has 5 aromatic rings. The number of nitrogens with zero attached hydrogens (tertiary/aromatic N) is 4. The van der Waals surface area contributed by atoms with Crippen LogP contribution < -0.4 is 5.32 Å². The van der Waals surface area contributed by atoms with Crippen LogP contribution in [0.25, 0.3) is 11.0 Å². The van der Waals surface area contributed by atoms with E-state index < -0.39 is 0 Å². The standard InChI is InChI=1S/C28H25N5/c1-19-14-15-23(20(2)16-19)30-25-17-24-27(29-18-33(24)3)28(31-25)32-26(21-10-6-4-7-11-21)22-12-8-5-9-13-22/h4-18H,1-3H3,(H,30,31). The fourth-order valence-corrected chi connectivity index (χ4v) is 3.94. The molecule has 2 aromatic heterocycles. The number of aromatic nitrogens is 3. The third-order valence-corrected chi connectivity index (χ3v) is 5.65. The molecule has 0 aliphatic heterocycles. The fraction of sp³-hybridized carbons (Fsp3) is 0.107. The van der Waals surface area contributed by atoms with Gasteiger partial charge in [0.15, 0.2) is 5.82 Å². The van der Waals surface area contributed by atoms with Crippen molar-refractivity contribution in [2.24, 2.45) is 12.0 Å². The topological polar surface area (TPSA) is 55.1 Å². The zero-order chi connectivity index (χ0) is 22.8. The molecule has 33 heavy (non-hydrogen) atoms. The van der Waals surface area contributed by atoms with Gasteiger partial charge in [0.2, 0.25) is 0 Å². The Kier molecular flexibility index (Phi) is 5.45. The highest BCUT2D eigenvalue weighted by Gasteiger charge is 2.14. The summed E-state index contributed by atoms with van der Waals surface area (Å²) in [6.07, 6.45) is 1.80. The lowest BCUT2D eigenvalue weighted by Crippen LogP contribution is -2.03. The molecule has 1 N–H and O–H groups in total. The molecule has 0 spiro atoms. The molecule has 0 unspecified atom stereocenters. The summed E-state index contributed by atoms with van der Waals surface area (Å²) < 4.78 is 1.99. The van der Waals surface area contributed by atoms with Crippen LogP contribution in [0.1, 0.15) is 22.3 Å². The lowest BCUT2D eigenvalue weighted by Gasteiger charge is -2.12. The molecular formula is C28H25N5. The van der Waals surface area contributed by atoms with Gasteiger partial charge in [0, 0.05) is 29.9 Å². The van der Waals surface area contributed by atoms with E-state index >= 15 is 0 Å². The molecule has 3 aromatic carbocycles. The van der Waals surface area contributed by atoms with Gasteiger partial charge in [0.05, 0.1) is 17.6 Å². The van der Waals surface area contributed by atoms with Crippen molar-refractivity contribution in [1.29, 1.82) is 0 Å². The first kappa shape index (κ1) is 20.6. The number of pyridine rings is 1. The maximum Gasteiger partial charge on any atom is 0.183 e. The van der Waals surface area contributed by atoms with Crippen LogP contribution in [0.3, 0.4) is 0 Å². The quantitative estimate of drug-likeness (QED) is 0.323. The third-order valence-electron chi connectivity index (χ3n) is 5.65. The van der Waals surface area contributed by atoms with E-state index in [1.807, 2.05) is 54.1 Å². The molecule has 0 radical (unpaired) electrons. The summed E-state index contributed by atoms with van der Waals surface area (Å²) >= 11 is 0. The number of imidazole rings is 1. The van der Waals surface area contributed by atoms with Crippen molar-refractivity contribution in [3.8, 4) is 0 Å². The second kappa shape index (κ2) is 8.71. The van der Waals surface area contributed by atoms with E-state index in [2.05, 4.69) is 66.6 Å². The second-order valence-corrected chi connectivity index (χ2v) is 8.19. The van der Waals surface area contributed by atoms with Crippen molar-refractivity contribution in [3.63, 3.8) is 0 Å². The molecule has 5 heteroatoms. The first-order valence-corrected chi connectivity index (χ1v) is 10.9. The highest BCUT2D eigenvalue weighted by Crippen LogP contribution is 2.29. The summed E-state index contributed by atoms with van der Waals surface area (Å²) in [6.45, 7) is 4.19. The average molecular weight is 432 g/mol. The Morgan fingerprint density at radius 1 is 0.848 bits per heavy atom. The maximum atomic E-state index is 5.07. The Morgan fingerprint density at radius 3 is 2.15 bits per heavy atom. The van der Waals surface area contributed by atoms with E-state index in [4.69, 9.17) is 9.98 Å². The van der Waals surface area contributed by atoms with Crippen molar-refractivity contribution >= 4 is 34.1 Å². The van der Waals surface area contributed by atoms with Gasteiger partial charge in [0.1, 0.15) is 11.3 Å². The normalized spacial score (nSPS) is 10.9. The van der Waals surface area contributed by atoms with Gasteiger partial charge in [-0.15, -0.1) is 0 Å². The van der Waals surface area contributed by atoms with E-state index in [1.165, 1.54) is 11.1 Å². The van der Waals surface area contributed by atoms with E-state index in [0.717, 1.165) is 39.4 Å². The number of aliphatic imine (C=N–C) groups is 1. The summed E-state index contributed by atoms with van der Waals surface area (Å²) in [5.74, 6) is 1.32. The fourth-order valence-electron chi connectivity index (χ4n) is 3.94. The van der Waals surface area contributed by atoms with Crippen LogP contribution in [-0.2, 0) is 7.05 Å². The Labute approximate surface area is 193 Å². The molecule has 0 saturated carbocycles. The van der Waals surface area contributed by atoms with E-state index in [9.17, 15) is 0 Å². The Hall–Kier alpha value is -4.25. The summed E-state index contributed by atoms with van der Waals surface area (Å²) in [5.41, 5.74) is 8.08. The van der Waals surface area contributed by atoms with Gasteiger partial charge in [-0.2, -0.15) is 0 Å². The van der Waals surface area contributed by atoms with Gasteiger partial charge < -0.3 is 9.88 Å². The number of aryl methyl sites for hydroxylation is 3. The molecule has 0 amide bonds. The van der Waals surface area contributed by atoms with Crippen molar-refractivity contribution in [2.45, 2.75) is 13.8 Å². The zero-order valence-corrected chi connectivity index (χ0v) is 18.9. The molecule has 2 heterocycles. The van der Waals surface area contributed by atoms with E-state index in [0.29, 0.717) is 5.82 Å². The number of hydrogen-bond donors (Lipinski definition) is 1. The molecule has 0 aliphatic rings. The largest absolute Gasteiger partial charge is 0.340 e. The molecule has 162 valence electrons. The van der Waals surface area contributed by atoms with Crippen molar-refractivity contribution < 1.29 is 0 Å². The van der Waals surface area contributed by atoms with Crippen LogP contribution in [-0.4, -0.2) is 20.2 Å². The van der Waals surface area contributed by atoms with Gasteiger partial charge in [-0.3, -0.25) is 0 Å². The number of fused-ring (bicyclic) bond motifs is 1.